The van der Waals surface area contributed by atoms with E-state index in [4.69, 9.17) is 10.9 Å². The molecule has 84 valence electrons. The molecular formula is C8H19N3O2S. The highest BCUT2D eigenvalue weighted by Crippen LogP contribution is 1.94. The third kappa shape index (κ3) is 6.85. The molecule has 0 saturated heterocycles. The Labute approximate surface area is 87.2 Å². The Morgan fingerprint density at radius 3 is 2.57 bits per heavy atom. The van der Waals surface area contributed by atoms with E-state index in [1.54, 1.807) is 6.26 Å². The number of oxime groups is 1. The third-order valence-electron chi connectivity index (χ3n) is 1.70. The summed E-state index contributed by atoms with van der Waals surface area (Å²) in [5.74, 6) is 0.815. The summed E-state index contributed by atoms with van der Waals surface area (Å²) in [5.41, 5.74) is 5.35. The Bertz CT molecular complexity index is 221. The zero-order valence-electron chi connectivity index (χ0n) is 8.86. The summed E-state index contributed by atoms with van der Waals surface area (Å²) in [5, 5.41) is 14.5. The predicted octanol–water partition coefficient (Wildman–Crippen LogP) is -0.132. The van der Waals surface area contributed by atoms with Crippen LogP contribution < -0.4 is 11.1 Å². The highest BCUT2D eigenvalue weighted by atomic mass is 32.2. The molecule has 0 heterocycles. The van der Waals surface area contributed by atoms with E-state index >= 15 is 0 Å². The SMILES string of the molecule is CC(CC(N)=NO)NC(C)CS(C)=O. The van der Waals surface area contributed by atoms with Crippen LogP contribution in [-0.4, -0.2) is 39.3 Å². The molecule has 0 aromatic heterocycles. The molecule has 3 atom stereocenters. The lowest BCUT2D eigenvalue weighted by Gasteiger charge is -2.18. The van der Waals surface area contributed by atoms with Crippen LogP contribution in [0.15, 0.2) is 5.16 Å². The first-order chi connectivity index (χ1) is 6.45. The summed E-state index contributed by atoms with van der Waals surface area (Å²) in [4.78, 5) is 0. The fourth-order valence-electron chi connectivity index (χ4n) is 1.30. The van der Waals surface area contributed by atoms with Crippen LogP contribution in [0.25, 0.3) is 0 Å². The van der Waals surface area contributed by atoms with Crippen molar-refractivity contribution in [2.24, 2.45) is 10.9 Å². The fraction of sp³-hybridized carbons (Fsp3) is 0.875. The lowest BCUT2D eigenvalue weighted by molar-refractivity contribution is 0.315. The standard InChI is InChI=1S/C8H19N3O2S/c1-6(4-8(9)11-12)10-7(2)5-14(3)13/h6-7,10,12H,4-5H2,1-3H3,(H2,9,11). The average Bonchev–Trinajstić information content (AvgIpc) is 2.01. The molecule has 0 bridgehead atoms. The molecule has 6 heteroatoms. The zero-order chi connectivity index (χ0) is 11.1. The van der Waals surface area contributed by atoms with Crippen LogP contribution in [-0.2, 0) is 10.8 Å². The third-order valence-corrected chi connectivity index (χ3v) is 2.67. The van der Waals surface area contributed by atoms with Crippen molar-refractivity contribution in [1.29, 1.82) is 0 Å². The Balaban J connectivity index is 3.81. The largest absolute Gasteiger partial charge is 0.409 e. The molecular weight excluding hydrogens is 202 g/mol. The van der Waals surface area contributed by atoms with Crippen LogP contribution in [0.2, 0.25) is 0 Å². The Morgan fingerprint density at radius 1 is 1.57 bits per heavy atom. The van der Waals surface area contributed by atoms with Crippen molar-refractivity contribution in [1.82, 2.24) is 5.32 Å². The van der Waals surface area contributed by atoms with Gasteiger partial charge in [-0.25, -0.2) is 0 Å². The van der Waals surface area contributed by atoms with Gasteiger partial charge in [0.15, 0.2) is 0 Å². The van der Waals surface area contributed by atoms with Gasteiger partial charge >= 0.3 is 0 Å². The van der Waals surface area contributed by atoms with Gasteiger partial charge < -0.3 is 16.3 Å². The first-order valence-corrected chi connectivity index (χ1v) is 6.21. The van der Waals surface area contributed by atoms with Gasteiger partial charge in [-0.15, -0.1) is 0 Å². The van der Waals surface area contributed by atoms with Gasteiger partial charge in [0.05, 0.1) is 0 Å². The van der Waals surface area contributed by atoms with Gasteiger partial charge in [0.2, 0.25) is 0 Å². The normalized spacial score (nSPS) is 18.9. The summed E-state index contributed by atoms with van der Waals surface area (Å²) in [6, 6.07) is 0.284. The maximum absolute atomic E-state index is 10.9. The molecule has 0 saturated carbocycles. The molecule has 0 spiro atoms. The van der Waals surface area contributed by atoms with E-state index in [0.717, 1.165) is 0 Å². The number of hydrogen-bond acceptors (Lipinski definition) is 4. The average molecular weight is 221 g/mol. The van der Waals surface area contributed by atoms with Crippen molar-refractivity contribution in [3.63, 3.8) is 0 Å². The Hall–Kier alpha value is -0.620. The van der Waals surface area contributed by atoms with Crippen LogP contribution in [0.3, 0.4) is 0 Å². The number of rotatable bonds is 6. The quantitative estimate of drug-likeness (QED) is 0.252. The molecule has 3 unspecified atom stereocenters. The van der Waals surface area contributed by atoms with Gasteiger partial charge in [-0.2, -0.15) is 0 Å². The van der Waals surface area contributed by atoms with Crippen molar-refractivity contribution in [3.8, 4) is 0 Å². The molecule has 0 amide bonds. The Kier molecular flexibility index (Phi) is 6.48. The maximum Gasteiger partial charge on any atom is 0.140 e. The van der Waals surface area contributed by atoms with Crippen molar-refractivity contribution in [3.05, 3.63) is 0 Å². The first kappa shape index (κ1) is 13.4. The first-order valence-electron chi connectivity index (χ1n) is 4.48. The van der Waals surface area contributed by atoms with Crippen molar-refractivity contribution < 1.29 is 9.42 Å². The monoisotopic (exact) mass is 221 g/mol. The van der Waals surface area contributed by atoms with Crippen molar-refractivity contribution >= 4 is 16.6 Å². The van der Waals surface area contributed by atoms with Crippen molar-refractivity contribution in [2.45, 2.75) is 32.4 Å². The van der Waals surface area contributed by atoms with Gasteiger partial charge in [-0.1, -0.05) is 5.16 Å². The van der Waals surface area contributed by atoms with E-state index in [9.17, 15) is 4.21 Å². The molecule has 4 N–H and O–H groups in total. The minimum atomic E-state index is -0.800. The minimum Gasteiger partial charge on any atom is -0.409 e. The highest BCUT2D eigenvalue weighted by molar-refractivity contribution is 7.84. The number of hydrogen-bond donors (Lipinski definition) is 3. The molecule has 0 aromatic rings. The fourth-order valence-corrected chi connectivity index (χ4v) is 2.10. The molecule has 0 fully saturated rings. The van der Waals surface area contributed by atoms with Crippen LogP contribution >= 0.6 is 0 Å². The zero-order valence-corrected chi connectivity index (χ0v) is 9.67. The van der Waals surface area contributed by atoms with Crippen molar-refractivity contribution in [2.75, 3.05) is 12.0 Å². The van der Waals surface area contributed by atoms with E-state index in [0.29, 0.717) is 12.2 Å². The summed E-state index contributed by atoms with van der Waals surface area (Å²) < 4.78 is 10.9. The van der Waals surface area contributed by atoms with Gasteiger partial charge in [-0.05, 0) is 13.8 Å². The van der Waals surface area contributed by atoms with Gasteiger partial charge in [-0.3, -0.25) is 4.21 Å². The molecule has 0 rings (SSSR count). The molecule has 0 aliphatic carbocycles. The Morgan fingerprint density at radius 2 is 2.14 bits per heavy atom. The van der Waals surface area contributed by atoms with E-state index in [-0.39, 0.29) is 17.9 Å². The van der Waals surface area contributed by atoms with Crippen LogP contribution in [0, 0.1) is 0 Å². The lowest BCUT2D eigenvalue weighted by Crippen LogP contribution is -2.39. The summed E-state index contributed by atoms with van der Waals surface area (Å²) in [7, 11) is -0.800. The maximum atomic E-state index is 10.9. The topological polar surface area (TPSA) is 87.7 Å². The van der Waals surface area contributed by atoms with E-state index in [1.807, 2.05) is 13.8 Å². The molecule has 0 aromatic carbocycles. The van der Waals surface area contributed by atoms with Gasteiger partial charge in [0.1, 0.15) is 5.84 Å². The lowest BCUT2D eigenvalue weighted by atomic mass is 10.2. The second-order valence-electron chi connectivity index (χ2n) is 3.50. The molecule has 14 heavy (non-hydrogen) atoms. The number of amidine groups is 1. The second kappa shape index (κ2) is 6.78. The molecule has 0 aliphatic rings. The van der Waals surface area contributed by atoms with E-state index < -0.39 is 10.8 Å². The van der Waals surface area contributed by atoms with Gasteiger partial charge in [0.25, 0.3) is 0 Å². The predicted molar refractivity (Wildman–Crippen MR) is 59.0 cm³/mol. The molecule has 0 radical (unpaired) electrons. The molecule has 5 nitrogen and oxygen atoms in total. The van der Waals surface area contributed by atoms with Gasteiger partial charge in [0, 0.05) is 41.3 Å². The van der Waals surface area contributed by atoms with E-state index in [2.05, 4.69) is 10.5 Å². The minimum absolute atomic E-state index is 0.115. The van der Waals surface area contributed by atoms with Crippen LogP contribution in [0.4, 0.5) is 0 Å². The molecule has 0 aliphatic heterocycles. The number of nitrogens with one attached hydrogen (secondary N) is 1. The smallest absolute Gasteiger partial charge is 0.140 e. The van der Waals surface area contributed by atoms with Crippen LogP contribution in [0.1, 0.15) is 20.3 Å². The van der Waals surface area contributed by atoms with Crippen LogP contribution in [0.5, 0.6) is 0 Å². The number of nitrogens with two attached hydrogens (primary N) is 1. The summed E-state index contributed by atoms with van der Waals surface area (Å²) in [6.07, 6.45) is 2.16. The van der Waals surface area contributed by atoms with E-state index in [1.165, 1.54) is 0 Å². The summed E-state index contributed by atoms with van der Waals surface area (Å²) >= 11 is 0. The second-order valence-corrected chi connectivity index (χ2v) is 4.98. The summed E-state index contributed by atoms with van der Waals surface area (Å²) in [6.45, 7) is 3.90. The highest BCUT2D eigenvalue weighted by Gasteiger charge is 2.10. The number of nitrogens with zero attached hydrogens (tertiary/aromatic N) is 1.